The number of hydrogen-bond acceptors (Lipinski definition) is 6. The van der Waals surface area contributed by atoms with E-state index in [0.29, 0.717) is 37.0 Å². The first kappa shape index (κ1) is 20.4. The quantitative estimate of drug-likeness (QED) is 0.405. The number of carbonyl (C=O) groups excluding carboxylic acids is 1. The van der Waals surface area contributed by atoms with Gasteiger partial charge in [-0.15, -0.1) is 0 Å². The highest BCUT2D eigenvalue weighted by molar-refractivity contribution is 5.91. The molecule has 4 rings (SSSR count). The SMILES string of the molecule is COc1ccc(-c2noc(CCN(CCc3ccccc3)C(=O)c3ccco3)n2)cc1. The third-order valence-electron chi connectivity index (χ3n) is 4.94. The summed E-state index contributed by atoms with van der Waals surface area (Å²) in [4.78, 5) is 19.1. The largest absolute Gasteiger partial charge is 0.497 e. The summed E-state index contributed by atoms with van der Waals surface area (Å²) in [6, 6.07) is 20.9. The lowest BCUT2D eigenvalue weighted by molar-refractivity contribution is 0.0724. The molecule has 2 heterocycles. The maximum absolute atomic E-state index is 12.9. The van der Waals surface area contributed by atoms with E-state index in [2.05, 4.69) is 22.3 Å². The maximum atomic E-state index is 12.9. The van der Waals surface area contributed by atoms with Crippen molar-refractivity contribution < 1.29 is 18.5 Å². The van der Waals surface area contributed by atoms with Crippen molar-refractivity contribution in [1.82, 2.24) is 15.0 Å². The number of rotatable bonds is 9. The average molecular weight is 417 g/mol. The van der Waals surface area contributed by atoms with E-state index in [1.165, 1.54) is 11.8 Å². The van der Waals surface area contributed by atoms with Crippen LogP contribution in [0.3, 0.4) is 0 Å². The predicted octanol–water partition coefficient (Wildman–Crippen LogP) is 4.27. The molecule has 0 aliphatic rings. The van der Waals surface area contributed by atoms with Crippen LogP contribution >= 0.6 is 0 Å². The molecule has 7 nitrogen and oxygen atoms in total. The highest BCUT2D eigenvalue weighted by Gasteiger charge is 2.19. The van der Waals surface area contributed by atoms with Crippen LogP contribution in [0.5, 0.6) is 5.75 Å². The fraction of sp³-hybridized carbons (Fsp3) is 0.208. The molecule has 2 aromatic carbocycles. The van der Waals surface area contributed by atoms with Gasteiger partial charge in [0, 0.05) is 25.1 Å². The summed E-state index contributed by atoms with van der Waals surface area (Å²) in [5.41, 5.74) is 2.00. The number of furan rings is 1. The zero-order valence-electron chi connectivity index (χ0n) is 17.2. The van der Waals surface area contributed by atoms with Gasteiger partial charge in [0.2, 0.25) is 11.7 Å². The summed E-state index contributed by atoms with van der Waals surface area (Å²) in [5, 5.41) is 4.06. The molecule has 4 aromatic rings. The molecule has 1 amide bonds. The lowest BCUT2D eigenvalue weighted by atomic mass is 10.1. The summed E-state index contributed by atoms with van der Waals surface area (Å²) in [7, 11) is 1.62. The molecule has 0 saturated heterocycles. The molecular formula is C24H23N3O4. The van der Waals surface area contributed by atoms with Crippen LogP contribution in [0.2, 0.25) is 0 Å². The van der Waals surface area contributed by atoms with Gasteiger partial charge in [-0.1, -0.05) is 35.5 Å². The molecule has 0 N–H and O–H groups in total. The Hall–Kier alpha value is -3.87. The van der Waals surface area contributed by atoms with Crippen molar-refractivity contribution in [1.29, 1.82) is 0 Å². The first-order chi connectivity index (χ1) is 15.2. The highest BCUT2D eigenvalue weighted by atomic mass is 16.5. The highest BCUT2D eigenvalue weighted by Crippen LogP contribution is 2.20. The van der Waals surface area contributed by atoms with E-state index in [9.17, 15) is 4.79 Å². The van der Waals surface area contributed by atoms with Crippen LogP contribution in [0.4, 0.5) is 0 Å². The van der Waals surface area contributed by atoms with Gasteiger partial charge >= 0.3 is 0 Å². The minimum atomic E-state index is -0.157. The molecule has 0 atom stereocenters. The smallest absolute Gasteiger partial charge is 0.289 e. The Kier molecular flexibility index (Phi) is 6.42. The van der Waals surface area contributed by atoms with Crippen molar-refractivity contribution in [3.05, 3.63) is 90.2 Å². The van der Waals surface area contributed by atoms with E-state index >= 15 is 0 Å². The molecule has 0 spiro atoms. The van der Waals surface area contributed by atoms with Gasteiger partial charge in [-0.3, -0.25) is 4.79 Å². The minimum absolute atomic E-state index is 0.157. The van der Waals surface area contributed by atoms with Crippen LogP contribution in [0.15, 0.2) is 81.9 Å². The molecule has 158 valence electrons. The van der Waals surface area contributed by atoms with Gasteiger partial charge in [-0.25, -0.2) is 0 Å². The van der Waals surface area contributed by atoms with Gasteiger partial charge in [0.1, 0.15) is 5.75 Å². The number of carbonyl (C=O) groups is 1. The lowest BCUT2D eigenvalue weighted by Gasteiger charge is -2.21. The van der Waals surface area contributed by atoms with Crippen molar-refractivity contribution in [2.45, 2.75) is 12.8 Å². The Morgan fingerprint density at radius 1 is 0.968 bits per heavy atom. The second kappa shape index (κ2) is 9.75. The van der Waals surface area contributed by atoms with Gasteiger partial charge in [0.15, 0.2) is 5.76 Å². The summed E-state index contributed by atoms with van der Waals surface area (Å²) in [6.07, 6.45) is 2.69. The number of amides is 1. The van der Waals surface area contributed by atoms with Crippen molar-refractivity contribution in [2.75, 3.05) is 20.2 Å². The third kappa shape index (κ3) is 5.19. The maximum Gasteiger partial charge on any atom is 0.289 e. The molecule has 0 saturated carbocycles. The van der Waals surface area contributed by atoms with E-state index in [4.69, 9.17) is 13.7 Å². The van der Waals surface area contributed by atoms with Gasteiger partial charge < -0.3 is 18.6 Å². The third-order valence-corrected chi connectivity index (χ3v) is 4.94. The lowest BCUT2D eigenvalue weighted by Crippen LogP contribution is -2.34. The molecule has 0 radical (unpaired) electrons. The number of nitrogens with zero attached hydrogens (tertiary/aromatic N) is 3. The van der Waals surface area contributed by atoms with Crippen LogP contribution in [-0.4, -0.2) is 41.1 Å². The average Bonchev–Trinajstić information content (AvgIpc) is 3.52. The number of aromatic nitrogens is 2. The summed E-state index contributed by atoms with van der Waals surface area (Å²) >= 11 is 0. The molecule has 7 heteroatoms. The van der Waals surface area contributed by atoms with Crippen molar-refractivity contribution in [3.8, 4) is 17.1 Å². The Bertz CT molecular complexity index is 1090. The fourth-order valence-corrected chi connectivity index (χ4v) is 3.22. The van der Waals surface area contributed by atoms with Crippen LogP contribution in [0, 0.1) is 0 Å². The van der Waals surface area contributed by atoms with Crippen molar-refractivity contribution >= 4 is 5.91 Å². The van der Waals surface area contributed by atoms with Gasteiger partial charge in [-0.05, 0) is 48.4 Å². The predicted molar refractivity (Wildman–Crippen MR) is 115 cm³/mol. The normalized spacial score (nSPS) is 10.7. The van der Waals surface area contributed by atoms with E-state index < -0.39 is 0 Å². The second-order valence-corrected chi connectivity index (χ2v) is 7.00. The molecule has 0 aliphatic heterocycles. The monoisotopic (exact) mass is 417 g/mol. The van der Waals surface area contributed by atoms with E-state index in [0.717, 1.165) is 17.7 Å². The van der Waals surface area contributed by atoms with Gasteiger partial charge in [0.05, 0.1) is 13.4 Å². The van der Waals surface area contributed by atoms with E-state index in [1.54, 1.807) is 24.1 Å². The zero-order chi connectivity index (χ0) is 21.5. The molecule has 2 aromatic heterocycles. The molecule has 0 unspecified atom stereocenters. The summed E-state index contributed by atoms with van der Waals surface area (Å²) < 4.78 is 15.9. The summed E-state index contributed by atoms with van der Waals surface area (Å²) in [5.74, 6) is 1.90. The van der Waals surface area contributed by atoms with Gasteiger partial charge in [-0.2, -0.15) is 4.98 Å². The number of benzene rings is 2. The van der Waals surface area contributed by atoms with E-state index in [1.807, 2.05) is 42.5 Å². The van der Waals surface area contributed by atoms with Crippen LogP contribution in [0.25, 0.3) is 11.4 Å². The Morgan fingerprint density at radius 2 is 1.74 bits per heavy atom. The Balaban J connectivity index is 1.43. The molecule has 31 heavy (non-hydrogen) atoms. The van der Waals surface area contributed by atoms with Crippen LogP contribution < -0.4 is 4.74 Å². The number of hydrogen-bond donors (Lipinski definition) is 0. The Morgan fingerprint density at radius 3 is 2.45 bits per heavy atom. The van der Waals surface area contributed by atoms with Crippen LogP contribution in [-0.2, 0) is 12.8 Å². The first-order valence-electron chi connectivity index (χ1n) is 10.1. The zero-order valence-corrected chi connectivity index (χ0v) is 17.2. The second-order valence-electron chi connectivity index (χ2n) is 7.00. The summed E-state index contributed by atoms with van der Waals surface area (Å²) in [6.45, 7) is 1.000. The standard InChI is InChI=1S/C24H23N3O4/c1-29-20-11-9-19(10-12-20)23-25-22(31-26-23)14-16-27(24(28)21-8-5-17-30-21)15-13-18-6-3-2-4-7-18/h2-12,17H,13-16H2,1H3. The fourth-order valence-electron chi connectivity index (χ4n) is 3.22. The van der Waals surface area contributed by atoms with Gasteiger partial charge in [0.25, 0.3) is 5.91 Å². The number of ether oxygens (including phenoxy) is 1. The first-order valence-corrected chi connectivity index (χ1v) is 10.1. The van der Waals surface area contributed by atoms with E-state index in [-0.39, 0.29) is 5.91 Å². The Labute approximate surface area is 180 Å². The molecule has 0 aliphatic carbocycles. The minimum Gasteiger partial charge on any atom is -0.497 e. The van der Waals surface area contributed by atoms with Crippen molar-refractivity contribution in [2.24, 2.45) is 0 Å². The molecular weight excluding hydrogens is 394 g/mol. The van der Waals surface area contributed by atoms with Crippen molar-refractivity contribution in [3.63, 3.8) is 0 Å². The van der Waals surface area contributed by atoms with Crippen LogP contribution in [0.1, 0.15) is 22.0 Å². The molecule has 0 fully saturated rings. The number of methoxy groups -OCH3 is 1. The molecule has 0 bridgehead atoms. The topological polar surface area (TPSA) is 81.6 Å².